The number of hydrogen-bond acceptors (Lipinski definition) is 4. The lowest BCUT2D eigenvalue weighted by molar-refractivity contribution is -0.123. The third-order valence-corrected chi connectivity index (χ3v) is 5.39. The highest BCUT2D eigenvalue weighted by molar-refractivity contribution is 7.13. The second kappa shape index (κ2) is 6.72. The Morgan fingerprint density at radius 3 is 2.58 bits per heavy atom. The van der Waals surface area contributed by atoms with Crippen LogP contribution in [0.25, 0.3) is 0 Å². The molecule has 0 saturated heterocycles. The van der Waals surface area contributed by atoms with Crippen LogP contribution in [0.3, 0.4) is 0 Å². The molecule has 5 nitrogen and oxygen atoms in total. The lowest BCUT2D eigenvalue weighted by Crippen LogP contribution is -2.41. The molecule has 0 N–H and O–H groups in total. The molecule has 0 bridgehead atoms. The second-order valence-corrected chi connectivity index (χ2v) is 6.99. The van der Waals surface area contributed by atoms with Crippen molar-refractivity contribution in [2.24, 2.45) is 0 Å². The summed E-state index contributed by atoms with van der Waals surface area (Å²) in [5.74, 6) is -0.289. The molecule has 0 spiro atoms. The molecule has 2 amide bonds. The van der Waals surface area contributed by atoms with Gasteiger partial charge in [0.1, 0.15) is 6.04 Å². The lowest BCUT2D eigenvalue weighted by Gasteiger charge is -2.30. The minimum Gasteiger partial charge on any atom is -0.318 e. The van der Waals surface area contributed by atoms with E-state index in [0.717, 1.165) is 11.1 Å². The van der Waals surface area contributed by atoms with Crippen molar-refractivity contribution in [3.05, 3.63) is 82.9 Å². The summed E-state index contributed by atoms with van der Waals surface area (Å²) in [7, 11) is 1.70. The molecule has 0 saturated carbocycles. The summed E-state index contributed by atoms with van der Waals surface area (Å²) in [6, 6.07) is 16.3. The van der Waals surface area contributed by atoms with Gasteiger partial charge in [0.15, 0.2) is 5.13 Å². The van der Waals surface area contributed by atoms with Crippen LogP contribution in [0.4, 0.5) is 5.13 Å². The predicted octanol–water partition coefficient (Wildman–Crippen LogP) is 3.50. The number of carbonyl (C=O) groups is 2. The molecule has 6 heteroatoms. The van der Waals surface area contributed by atoms with Gasteiger partial charge in [-0.05, 0) is 17.2 Å². The first kappa shape index (κ1) is 16.5. The number of carbonyl (C=O) groups excluding carboxylic acids is 2. The number of aromatic nitrogens is 1. The van der Waals surface area contributed by atoms with Crippen molar-refractivity contribution in [3.63, 3.8) is 0 Å². The van der Waals surface area contributed by atoms with Crippen LogP contribution < -0.4 is 4.90 Å². The summed E-state index contributed by atoms with van der Waals surface area (Å²) < 4.78 is 0. The molecule has 1 aromatic heterocycles. The van der Waals surface area contributed by atoms with E-state index in [-0.39, 0.29) is 11.8 Å². The molecule has 26 heavy (non-hydrogen) atoms. The van der Waals surface area contributed by atoms with Crippen LogP contribution in [-0.2, 0) is 11.3 Å². The minimum atomic E-state index is -0.690. The first-order chi connectivity index (χ1) is 12.7. The number of fused-ring (bicyclic) bond motifs is 1. The molecule has 4 rings (SSSR count). The van der Waals surface area contributed by atoms with E-state index in [1.807, 2.05) is 60.0 Å². The van der Waals surface area contributed by atoms with Crippen molar-refractivity contribution in [1.29, 1.82) is 0 Å². The zero-order valence-electron chi connectivity index (χ0n) is 14.2. The van der Waals surface area contributed by atoms with E-state index >= 15 is 0 Å². The topological polar surface area (TPSA) is 53.5 Å². The van der Waals surface area contributed by atoms with Gasteiger partial charge < -0.3 is 4.90 Å². The average molecular weight is 363 g/mol. The minimum absolute atomic E-state index is 0.115. The fraction of sp³-hybridized carbons (Fsp3) is 0.150. The van der Waals surface area contributed by atoms with Gasteiger partial charge in [-0.3, -0.25) is 14.5 Å². The maximum Gasteiger partial charge on any atom is 0.255 e. The third-order valence-electron chi connectivity index (χ3n) is 4.55. The number of anilines is 1. The van der Waals surface area contributed by atoms with E-state index in [0.29, 0.717) is 17.2 Å². The van der Waals surface area contributed by atoms with Gasteiger partial charge in [0.2, 0.25) is 0 Å². The normalized spacial score (nSPS) is 14.2. The van der Waals surface area contributed by atoms with Crippen molar-refractivity contribution in [3.8, 4) is 0 Å². The molecule has 1 aliphatic rings. The maximum absolute atomic E-state index is 13.3. The van der Waals surface area contributed by atoms with Crippen LogP contribution in [0.15, 0.2) is 66.2 Å². The highest BCUT2D eigenvalue weighted by Crippen LogP contribution is 2.33. The van der Waals surface area contributed by atoms with Crippen LogP contribution in [0.5, 0.6) is 0 Å². The van der Waals surface area contributed by atoms with Crippen LogP contribution >= 0.6 is 11.3 Å². The van der Waals surface area contributed by atoms with Gasteiger partial charge in [-0.25, -0.2) is 4.98 Å². The van der Waals surface area contributed by atoms with Crippen molar-refractivity contribution in [1.82, 2.24) is 9.88 Å². The number of nitrogens with zero attached hydrogens (tertiary/aromatic N) is 3. The summed E-state index contributed by atoms with van der Waals surface area (Å²) in [5, 5.41) is 2.44. The fourth-order valence-electron chi connectivity index (χ4n) is 3.24. The molecule has 130 valence electrons. The Bertz CT molecular complexity index is 941. The van der Waals surface area contributed by atoms with Gasteiger partial charge in [-0.15, -0.1) is 11.3 Å². The number of hydrogen-bond donors (Lipinski definition) is 0. The number of amides is 2. The van der Waals surface area contributed by atoms with Crippen LogP contribution in [0.2, 0.25) is 0 Å². The molecule has 0 aliphatic carbocycles. The number of likely N-dealkylation sites (N-methyl/N-ethyl adjacent to an activating group) is 1. The van der Waals surface area contributed by atoms with E-state index in [1.54, 1.807) is 18.1 Å². The first-order valence-corrected chi connectivity index (χ1v) is 9.15. The van der Waals surface area contributed by atoms with Crippen molar-refractivity contribution >= 4 is 28.3 Å². The second-order valence-electron chi connectivity index (χ2n) is 6.12. The summed E-state index contributed by atoms with van der Waals surface area (Å²) in [4.78, 5) is 33.7. The largest absolute Gasteiger partial charge is 0.318 e. The molecular weight excluding hydrogens is 346 g/mol. The Morgan fingerprint density at radius 1 is 1.15 bits per heavy atom. The smallest absolute Gasteiger partial charge is 0.255 e. The highest BCUT2D eigenvalue weighted by atomic mass is 32.1. The van der Waals surface area contributed by atoms with Gasteiger partial charge in [-0.1, -0.05) is 48.5 Å². The molecule has 0 unspecified atom stereocenters. The number of thiazole rings is 1. The standard InChI is InChI=1S/C20H17N3O2S/c1-22(20-21-11-12-26-20)19(25)17(14-7-3-2-4-8-14)23-13-15-9-5-6-10-16(15)18(23)24/h2-12,17H,13H2,1H3/t17-/m1/s1. The Kier molecular flexibility index (Phi) is 4.26. The van der Waals surface area contributed by atoms with Crippen molar-refractivity contribution < 1.29 is 9.59 Å². The molecule has 0 fully saturated rings. The Morgan fingerprint density at radius 2 is 1.88 bits per heavy atom. The first-order valence-electron chi connectivity index (χ1n) is 8.27. The maximum atomic E-state index is 13.3. The molecule has 3 aromatic rings. The summed E-state index contributed by atoms with van der Waals surface area (Å²) >= 11 is 1.39. The van der Waals surface area contributed by atoms with Gasteiger partial charge in [0, 0.05) is 30.7 Å². The van der Waals surface area contributed by atoms with Crippen molar-refractivity contribution in [2.45, 2.75) is 12.6 Å². The van der Waals surface area contributed by atoms with Crippen LogP contribution in [-0.4, -0.2) is 28.7 Å². The van der Waals surface area contributed by atoms with E-state index in [4.69, 9.17) is 0 Å². The summed E-state index contributed by atoms with van der Waals surface area (Å²) in [5.41, 5.74) is 2.41. The Hall–Kier alpha value is -2.99. The van der Waals surface area contributed by atoms with E-state index in [2.05, 4.69) is 4.98 Å². The average Bonchev–Trinajstić information content (AvgIpc) is 3.32. The number of rotatable bonds is 4. The molecule has 1 aliphatic heterocycles. The van der Waals surface area contributed by atoms with Gasteiger partial charge in [0.05, 0.1) is 0 Å². The van der Waals surface area contributed by atoms with Crippen LogP contribution in [0.1, 0.15) is 27.5 Å². The van der Waals surface area contributed by atoms with Crippen molar-refractivity contribution in [2.75, 3.05) is 11.9 Å². The molecule has 1 atom stereocenters. The summed E-state index contributed by atoms with van der Waals surface area (Å²) in [6.45, 7) is 0.423. The zero-order valence-corrected chi connectivity index (χ0v) is 15.0. The molecule has 2 heterocycles. The molecular formula is C20H17N3O2S. The Balaban J connectivity index is 1.73. The summed E-state index contributed by atoms with van der Waals surface area (Å²) in [6.07, 6.45) is 1.66. The fourth-order valence-corrected chi connectivity index (χ4v) is 3.85. The van der Waals surface area contributed by atoms with E-state index in [1.165, 1.54) is 16.2 Å². The highest BCUT2D eigenvalue weighted by Gasteiger charge is 2.38. The molecule has 0 radical (unpaired) electrons. The predicted molar refractivity (Wildman–Crippen MR) is 101 cm³/mol. The van der Waals surface area contributed by atoms with E-state index < -0.39 is 6.04 Å². The zero-order chi connectivity index (χ0) is 18.1. The van der Waals surface area contributed by atoms with Crippen LogP contribution in [0, 0.1) is 0 Å². The van der Waals surface area contributed by atoms with E-state index in [9.17, 15) is 9.59 Å². The quantitative estimate of drug-likeness (QED) is 0.713. The van der Waals surface area contributed by atoms with Gasteiger partial charge in [-0.2, -0.15) is 0 Å². The number of benzene rings is 2. The Labute approximate surface area is 155 Å². The van der Waals surface area contributed by atoms with Gasteiger partial charge in [0.25, 0.3) is 11.8 Å². The monoisotopic (exact) mass is 363 g/mol. The van der Waals surface area contributed by atoms with Gasteiger partial charge >= 0.3 is 0 Å². The lowest BCUT2D eigenvalue weighted by atomic mass is 10.0. The third kappa shape index (κ3) is 2.78. The molecule has 2 aromatic carbocycles. The SMILES string of the molecule is CN(C(=O)[C@@H](c1ccccc1)N1Cc2ccccc2C1=O)c1nccs1.